The molecular weight excluding hydrogens is 839 g/mol. The minimum Gasteiger partial charge on any atom is -0.370 e. The summed E-state index contributed by atoms with van der Waals surface area (Å²) < 4.78 is 0. The van der Waals surface area contributed by atoms with Crippen LogP contribution in [0.15, 0.2) is 22.5 Å². The minimum absolute atomic E-state index is 0.0271. The Morgan fingerprint density at radius 2 is 1.11 bits per heavy atom. The third-order valence-electron chi connectivity index (χ3n) is 11.9. The standard InChI is InChI=1S/C49H89N11O6/c1-7-9-10-11-12-13-14-15-16-17-18-19-20-25-44(64)60-45(35(5)6)43(63)31-37(29-38-32-54-33-57-38)47(66)59-40(24-22-27-56-49(52)53)42(62)30-36(28-34(3)4)46(65)58-39(41(61)8-2)23-21-26-55-48(50)51/h32-37,39-40,45H,7-31H2,1-6H3,(H,54,57)(H,58,65)(H,59,66)(H,60,64)(H4,50,51,55)(H4,52,53,56)/t36-,37-,39+,40+,45+/m1/s1. The SMILES string of the molecule is CCCCCCCCCCCCCCCC(=O)N[C@H](C(=O)C[C@@H](Cc1cnc[nH]1)C(=O)N[C@@H](CCCN=C(N)N)C(=O)C[C@@H](CC(C)C)C(=O)N[C@@H](CCCN=C(N)N)C(=O)CC)C(C)C. The van der Waals surface area contributed by atoms with E-state index in [-0.39, 0.29) is 85.7 Å². The van der Waals surface area contributed by atoms with Gasteiger partial charge in [0.15, 0.2) is 29.3 Å². The second kappa shape index (κ2) is 35.4. The molecule has 66 heavy (non-hydrogen) atoms. The molecule has 1 aromatic heterocycles. The number of nitrogens with one attached hydrogen (secondary N) is 4. The van der Waals surface area contributed by atoms with E-state index < -0.39 is 41.8 Å². The molecule has 0 spiro atoms. The lowest BCUT2D eigenvalue weighted by molar-refractivity contribution is -0.135. The molecule has 0 aliphatic heterocycles. The summed E-state index contributed by atoms with van der Waals surface area (Å²) in [5.74, 6) is -4.08. The van der Waals surface area contributed by atoms with Gasteiger partial charge in [0.1, 0.15) is 0 Å². The van der Waals surface area contributed by atoms with Crippen LogP contribution in [0.2, 0.25) is 0 Å². The van der Waals surface area contributed by atoms with Crippen molar-refractivity contribution in [2.45, 2.75) is 207 Å². The first kappa shape index (κ1) is 59.2. The third kappa shape index (κ3) is 27.6. The van der Waals surface area contributed by atoms with E-state index in [1.807, 2.05) is 27.7 Å². The quantitative estimate of drug-likeness (QED) is 0.0220. The van der Waals surface area contributed by atoms with Gasteiger partial charge in [0, 0.05) is 63.0 Å². The van der Waals surface area contributed by atoms with Gasteiger partial charge in [-0.05, 0) is 50.4 Å². The van der Waals surface area contributed by atoms with Crippen molar-refractivity contribution in [2.24, 2.45) is 56.6 Å². The number of hydrogen-bond donors (Lipinski definition) is 8. The number of ketones is 3. The summed E-state index contributed by atoms with van der Waals surface area (Å²) in [5, 5.41) is 8.75. The Hall–Kier alpha value is -4.83. The number of carbonyl (C=O) groups excluding carboxylic acids is 6. The summed E-state index contributed by atoms with van der Waals surface area (Å²) >= 11 is 0. The maximum absolute atomic E-state index is 14.3. The molecule has 376 valence electrons. The second-order valence-electron chi connectivity index (χ2n) is 18.8. The number of nitrogens with two attached hydrogens (primary N) is 4. The van der Waals surface area contributed by atoms with Crippen molar-refractivity contribution in [2.75, 3.05) is 13.1 Å². The molecule has 0 aliphatic rings. The fourth-order valence-corrected chi connectivity index (χ4v) is 8.15. The zero-order valence-corrected chi connectivity index (χ0v) is 41.5. The molecule has 0 saturated heterocycles. The third-order valence-corrected chi connectivity index (χ3v) is 11.9. The van der Waals surface area contributed by atoms with Gasteiger partial charge in [0.2, 0.25) is 17.7 Å². The molecule has 12 N–H and O–H groups in total. The van der Waals surface area contributed by atoms with Gasteiger partial charge in [-0.15, -0.1) is 0 Å². The van der Waals surface area contributed by atoms with Crippen molar-refractivity contribution in [3.63, 3.8) is 0 Å². The van der Waals surface area contributed by atoms with E-state index in [0.717, 1.165) is 25.7 Å². The molecule has 0 fully saturated rings. The van der Waals surface area contributed by atoms with Crippen molar-refractivity contribution >= 4 is 47.0 Å². The minimum atomic E-state index is -1.04. The first-order valence-electron chi connectivity index (χ1n) is 25.0. The highest BCUT2D eigenvalue weighted by Crippen LogP contribution is 2.22. The molecule has 0 aromatic carbocycles. The summed E-state index contributed by atoms with van der Waals surface area (Å²) in [6, 6.07) is -2.63. The highest BCUT2D eigenvalue weighted by Gasteiger charge is 2.34. The van der Waals surface area contributed by atoms with E-state index in [2.05, 4.69) is 42.8 Å². The highest BCUT2D eigenvalue weighted by atomic mass is 16.2. The van der Waals surface area contributed by atoms with Gasteiger partial charge in [-0.1, -0.05) is 119 Å². The molecule has 17 nitrogen and oxygen atoms in total. The molecule has 1 heterocycles. The van der Waals surface area contributed by atoms with Crippen molar-refractivity contribution < 1.29 is 28.8 Å². The lowest BCUT2D eigenvalue weighted by Gasteiger charge is -2.27. The molecule has 3 amide bonds. The van der Waals surface area contributed by atoms with Crippen LogP contribution in [0.25, 0.3) is 0 Å². The number of Topliss-reactive ketones (excluding diaryl/α,β-unsaturated/α-hetero) is 3. The van der Waals surface area contributed by atoms with Crippen LogP contribution in [0, 0.1) is 23.7 Å². The van der Waals surface area contributed by atoms with E-state index in [9.17, 15) is 28.8 Å². The summed E-state index contributed by atoms with van der Waals surface area (Å²) in [7, 11) is 0. The predicted octanol–water partition coefficient (Wildman–Crippen LogP) is 5.83. The number of hydrogen-bond acceptors (Lipinski definition) is 9. The number of carbonyl (C=O) groups is 6. The first-order valence-corrected chi connectivity index (χ1v) is 25.0. The Bertz CT molecular complexity index is 1610. The smallest absolute Gasteiger partial charge is 0.224 e. The molecule has 1 rings (SSSR count). The Labute approximate surface area is 395 Å². The molecular formula is C49H89N11O6. The Morgan fingerprint density at radius 3 is 1.56 bits per heavy atom. The zero-order chi connectivity index (χ0) is 49.3. The van der Waals surface area contributed by atoms with E-state index in [1.165, 1.54) is 64.1 Å². The second-order valence-corrected chi connectivity index (χ2v) is 18.8. The van der Waals surface area contributed by atoms with Gasteiger partial charge in [-0.3, -0.25) is 38.8 Å². The molecule has 0 bridgehead atoms. The Balaban J connectivity index is 3.11. The number of imidazole rings is 1. The fourth-order valence-electron chi connectivity index (χ4n) is 8.15. The average molecular weight is 928 g/mol. The van der Waals surface area contributed by atoms with Gasteiger partial charge < -0.3 is 43.9 Å². The number of aliphatic imine (C=N–C) groups is 2. The fraction of sp³-hybridized carbons (Fsp3) is 0.776. The molecule has 0 saturated carbocycles. The molecule has 0 unspecified atom stereocenters. The van der Waals surface area contributed by atoms with Crippen LogP contribution >= 0.6 is 0 Å². The van der Waals surface area contributed by atoms with Crippen LogP contribution in [-0.2, 0) is 35.2 Å². The van der Waals surface area contributed by atoms with Crippen LogP contribution < -0.4 is 38.9 Å². The average Bonchev–Trinajstić information content (AvgIpc) is 3.78. The van der Waals surface area contributed by atoms with Crippen molar-refractivity contribution in [1.82, 2.24) is 25.9 Å². The maximum Gasteiger partial charge on any atom is 0.224 e. The lowest BCUT2D eigenvalue weighted by atomic mass is 9.87. The van der Waals surface area contributed by atoms with E-state index in [0.29, 0.717) is 44.3 Å². The summed E-state index contributed by atoms with van der Waals surface area (Å²) in [4.78, 5) is 97.6. The first-order chi connectivity index (χ1) is 31.5. The van der Waals surface area contributed by atoms with Crippen molar-refractivity contribution in [3.05, 3.63) is 18.2 Å². The highest BCUT2D eigenvalue weighted by molar-refractivity contribution is 5.96. The van der Waals surface area contributed by atoms with E-state index in [1.54, 1.807) is 13.1 Å². The lowest BCUT2D eigenvalue weighted by Crippen LogP contribution is -2.49. The van der Waals surface area contributed by atoms with Crippen LogP contribution in [0.3, 0.4) is 0 Å². The summed E-state index contributed by atoms with van der Waals surface area (Å²) in [5.41, 5.74) is 22.6. The molecule has 0 aliphatic carbocycles. The summed E-state index contributed by atoms with van der Waals surface area (Å²) in [6.45, 7) is 12.0. The van der Waals surface area contributed by atoms with Gasteiger partial charge in [-0.2, -0.15) is 0 Å². The van der Waals surface area contributed by atoms with Crippen LogP contribution in [0.1, 0.15) is 188 Å². The van der Waals surface area contributed by atoms with Gasteiger partial charge in [-0.25, -0.2) is 4.98 Å². The number of nitrogens with zero attached hydrogens (tertiary/aromatic N) is 3. The number of amides is 3. The Kier molecular flexibility index (Phi) is 31.7. The topological polar surface area (TPSA) is 296 Å². The molecule has 5 atom stereocenters. The molecule has 1 aromatic rings. The number of rotatable bonds is 40. The Morgan fingerprint density at radius 1 is 0.621 bits per heavy atom. The number of aromatic amines is 1. The van der Waals surface area contributed by atoms with Crippen LogP contribution in [0.4, 0.5) is 0 Å². The zero-order valence-electron chi connectivity index (χ0n) is 41.5. The van der Waals surface area contributed by atoms with Gasteiger partial charge >= 0.3 is 0 Å². The van der Waals surface area contributed by atoms with E-state index >= 15 is 0 Å². The summed E-state index contributed by atoms with van der Waals surface area (Å²) in [6.07, 6.45) is 20.6. The van der Waals surface area contributed by atoms with Crippen molar-refractivity contribution in [1.29, 1.82) is 0 Å². The number of aromatic nitrogens is 2. The van der Waals surface area contributed by atoms with E-state index in [4.69, 9.17) is 22.9 Å². The van der Waals surface area contributed by atoms with Crippen LogP contribution in [0.5, 0.6) is 0 Å². The predicted molar refractivity (Wildman–Crippen MR) is 264 cm³/mol. The maximum atomic E-state index is 14.3. The normalized spacial score (nSPS) is 13.6. The number of unbranched alkanes of at least 4 members (excludes halogenated alkanes) is 12. The molecule has 0 radical (unpaired) electrons. The largest absolute Gasteiger partial charge is 0.370 e. The van der Waals surface area contributed by atoms with Crippen LogP contribution in [-0.4, -0.2) is 88.2 Å². The number of guanidine groups is 2. The molecule has 17 heteroatoms. The van der Waals surface area contributed by atoms with Gasteiger partial charge in [0.05, 0.1) is 30.4 Å². The number of H-pyrrole nitrogens is 1. The van der Waals surface area contributed by atoms with Crippen molar-refractivity contribution in [3.8, 4) is 0 Å². The monoisotopic (exact) mass is 928 g/mol. The van der Waals surface area contributed by atoms with Gasteiger partial charge in [0.25, 0.3) is 0 Å².